The molecule has 0 aliphatic heterocycles. The van der Waals surface area contributed by atoms with Gasteiger partial charge in [-0.2, -0.15) is 5.26 Å². The number of anilines is 1. The predicted octanol–water partition coefficient (Wildman–Crippen LogP) is 6.50. The average molecular weight is 603 g/mol. The molecule has 0 aliphatic rings. The smallest absolute Gasteiger partial charge is 0.266 e. The minimum atomic E-state index is -0.482. The molecule has 0 unspecified atom stereocenters. The number of rotatable bonds is 7. The molecular formula is C25H20BrIN2O3. The number of hydrogen-bond acceptors (Lipinski definition) is 4. The van der Waals surface area contributed by atoms with Crippen molar-refractivity contribution >= 4 is 56.2 Å². The number of hydrogen-bond donors (Lipinski definition) is 1. The Bertz CT molecular complexity index is 1220. The second kappa shape index (κ2) is 11.2. The van der Waals surface area contributed by atoms with Crippen molar-refractivity contribution in [3.8, 4) is 17.6 Å². The van der Waals surface area contributed by atoms with E-state index >= 15 is 0 Å². The highest BCUT2D eigenvalue weighted by Gasteiger charge is 2.15. The van der Waals surface area contributed by atoms with E-state index in [0.29, 0.717) is 33.8 Å². The van der Waals surface area contributed by atoms with Gasteiger partial charge in [-0.05, 0) is 98.5 Å². The lowest BCUT2D eigenvalue weighted by Gasteiger charge is -2.14. The Kier molecular flexibility index (Phi) is 8.31. The molecule has 32 heavy (non-hydrogen) atoms. The molecule has 1 N–H and O–H groups in total. The molecule has 3 rings (SSSR count). The maximum absolute atomic E-state index is 12.6. The number of ether oxygens (including phenoxy) is 2. The summed E-state index contributed by atoms with van der Waals surface area (Å²) in [6.07, 6.45) is 1.52. The molecule has 0 atom stereocenters. The quantitative estimate of drug-likeness (QED) is 0.190. The van der Waals surface area contributed by atoms with E-state index in [9.17, 15) is 10.1 Å². The lowest BCUT2D eigenvalue weighted by Crippen LogP contribution is -2.13. The number of carbonyl (C=O) groups excluding carboxylic acids is 1. The van der Waals surface area contributed by atoms with Crippen LogP contribution in [0.15, 0.2) is 70.7 Å². The topological polar surface area (TPSA) is 71.3 Å². The van der Waals surface area contributed by atoms with Crippen molar-refractivity contribution in [2.24, 2.45) is 0 Å². The van der Waals surface area contributed by atoms with Gasteiger partial charge in [0.15, 0.2) is 11.5 Å². The normalized spacial score (nSPS) is 10.9. The molecule has 3 aromatic rings. The van der Waals surface area contributed by atoms with Crippen molar-refractivity contribution < 1.29 is 14.3 Å². The van der Waals surface area contributed by atoms with Crippen LogP contribution in [0.25, 0.3) is 6.08 Å². The number of aryl methyl sites for hydroxylation is 1. The molecule has 3 aromatic carbocycles. The van der Waals surface area contributed by atoms with Crippen molar-refractivity contribution in [2.75, 3.05) is 12.4 Å². The third kappa shape index (κ3) is 6.11. The molecule has 0 spiro atoms. The van der Waals surface area contributed by atoms with E-state index in [1.807, 2.05) is 55.5 Å². The van der Waals surface area contributed by atoms with E-state index in [1.54, 1.807) is 25.3 Å². The minimum Gasteiger partial charge on any atom is -0.493 e. The van der Waals surface area contributed by atoms with Gasteiger partial charge in [-0.25, -0.2) is 0 Å². The first-order chi connectivity index (χ1) is 15.4. The van der Waals surface area contributed by atoms with E-state index in [4.69, 9.17) is 9.47 Å². The van der Waals surface area contributed by atoms with Crippen molar-refractivity contribution in [3.05, 3.63) is 91.0 Å². The maximum atomic E-state index is 12.6. The molecule has 0 radical (unpaired) electrons. The zero-order valence-electron chi connectivity index (χ0n) is 17.5. The molecular weight excluding hydrogens is 583 g/mol. The molecule has 7 heteroatoms. The number of nitriles is 1. The predicted molar refractivity (Wildman–Crippen MR) is 138 cm³/mol. The molecule has 0 aliphatic carbocycles. The van der Waals surface area contributed by atoms with Gasteiger partial charge in [-0.3, -0.25) is 4.79 Å². The van der Waals surface area contributed by atoms with Crippen LogP contribution in [0.4, 0.5) is 5.69 Å². The number of amides is 1. The fraction of sp³-hybridized carbons (Fsp3) is 0.120. The Morgan fingerprint density at radius 3 is 2.66 bits per heavy atom. The van der Waals surface area contributed by atoms with Crippen LogP contribution in [-0.4, -0.2) is 13.0 Å². The zero-order chi connectivity index (χ0) is 23.1. The molecule has 0 heterocycles. The number of halogens is 2. The van der Waals surface area contributed by atoms with Crippen LogP contribution < -0.4 is 14.8 Å². The van der Waals surface area contributed by atoms with E-state index in [1.165, 1.54) is 6.08 Å². The summed E-state index contributed by atoms with van der Waals surface area (Å²) in [7, 11) is 1.55. The van der Waals surface area contributed by atoms with Gasteiger partial charge < -0.3 is 14.8 Å². The third-order valence-corrected chi connectivity index (χ3v) is 5.90. The average Bonchev–Trinajstić information content (AvgIpc) is 2.77. The molecule has 5 nitrogen and oxygen atoms in total. The lowest BCUT2D eigenvalue weighted by atomic mass is 10.1. The van der Waals surface area contributed by atoms with E-state index in [0.717, 1.165) is 14.7 Å². The van der Waals surface area contributed by atoms with Crippen LogP contribution in [-0.2, 0) is 11.4 Å². The van der Waals surface area contributed by atoms with Gasteiger partial charge in [0, 0.05) is 9.26 Å². The van der Waals surface area contributed by atoms with E-state index < -0.39 is 5.91 Å². The number of methoxy groups -OCH3 is 1. The van der Waals surface area contributed by atoms with Crippen LogP contribution in [0.3, 0.4) is 0 Å². The fourth-order valence-electron chi connectivity index (χ4n) is 2.97. The van der Waals surface area contributed by atoms with Crippen LogP contribution in [0.1, 0.15) is 16.7 Å². The van der Waals surface area contributed by atoms with Gasteiger partial charge in [-0.15, -0.1) is 0 Å². The van der Waals surface area contributed by atoms with Crippen molar-refractivity contribution in [1.82, 2.24) is 0 Å². The van der Waals surface area contributed by atoms with Gasteiger partial charge in [-0.1, -0.05) is 30.3 Å². The Morgan fingerprint density at radius 1 is 1.19 bits per heavy atom. The Labute approximate surface area is 209 Å². The fourth-order valence-corrected chi connectivity index (χ4v) is 4.08. The second-order valence-electron chi connectivity index (χ2n) is 6.88. The molecule has 0 saturated heterocycles. The summed E-state index contributed by atoms with van der Waals surface area (Å²) in [6.45, 7) is 2.42. The second-order valence-corrected chi connectivity index (χ2v) is 8.98. The van der Waals surface area contributed by atoms with Crippen molar-refractivity contribution in [2.45, 2.75) is 13.5 Å². The van der Waals surface area contributed by atoms with E-state index in [-0.39, 0.29) is 5.57 Å². The summed E-state index contributed by atoms with van der Waals surface area (Å²) in [5.74, 6) is 0.564. The van der Waals surface area contributed by atoms with Crippen LogP contribution >= 0.6 is 38.5 Å². The molecule has 0 fully saturated rings. The summed E-state index contributed by atoms with van der Waals surface area (Å²) in [5, 5.41) is 12.3. The molecule has 1 amide bonds. The third-order valence-electron chi connectivity index (χ3n) is 4.64. The Balaban J connectivity index is 1.83. The summed E-state index contributed by atoms with van der Waals surface area (Å²) in [4.78, 5) is 12.6. The monoisotopic (exact) mass is 602 g/mol. The van der Waals surface area contributed by atoms with Gasteiger partial charge in [0.1, 0.15) is 18.2 Å². The largest absolute Gasteiger partial charge is 0.493 e. The van der Waals surface area contributed by atoms with Crippen molar-refractivity contribution in [3.63, 3.8) is 0 Å². The number of nitrogens with zero attached hydrogens (tertiary/aromatic N) is 1. The van der Waals surface area contributed by atoms with Gasteiger partial charge in [0.2, 0.25) is 0 Å². The highest BCUT2D eigenvalue weighted by Crippen LogP contribution is 2.38. The first-order valence-corrected chi connectivity index (χ1v) is 11.5. The van der Waals surface area contributed by atoms with Crippen LogP contribution in [0.5, 0.6) is 11.5 Å². The maximum Gasteiger partial charge on any atom is 0.266 e. The summed E-state index contributed by atoms with van der Waals surface area (Å²) < 4.78 is 13.2. The molecule has 0 bridgehead atoms. The van der Waals surface area contributed by atoms with Crippen molar-refractivity contribution in [1.29, 1.82) is 5.26 Å². The Hall–Kier alpha value is -2.83. The number of carbonyl (C=O) groups is 1. The summed E-state index contributed by atoms with van der Waals surface area (Å²) >= 11 is 5.68. The highest BCUT2D eigenvalue weighted by molar-refractivity contribution is 14.1. The van der Waals surface area contributed by atoms with Gasteiger partial charge >= 0.3 is 0 Å². The lowest BCUT2D eigenvalue weighted by molar-refractivity contribution is -0.112. The van der Waals surface area contributed by atoms with E-state index in [2.05, 4.69) is 43.8 Å². The van der Waals surface area contributed by atoms with Crippen LogP contribution in [0.2, 0.25) is 0 Å². The Morgan fingerprint density at radius 2 is 1.97 bits per heavy atom. The van der Waals surface area contributed by atoms with Gasteiger partial charge in [0.05, 0.1) is 11.6 Å². The minimum absolute atomic E-state index is 0.0219. The molecule has 0 aromatic heterocycles. The first-order valence-electron chi connectivity index (χ1n) is 9.65. The summed E-state index contributed by atoms with van der Waals surface area (Å²) in [5.41, 5.74) is 3.45. The SMILES string of the molecule is COc1cc(/C=C(\C#N)C(=O)Nc2cccc(I)c2)cc(Br)c1OCc1ccccc1C. The zero-order valence-corrected chi connectivity index (χ0v) is 21.2. The van der Waals surface area contributed by atoms with Crippen LogP contribution in [0, 0.1) is 21.8 Å². The standard InChI is InChI=1S/C25H20BrIN2O3/c1-16-6-3-4-7-18(16)15-32-24-22(26)11-17(12-23(24)31-2)10-19(14-28)25(30)29-21-9-5-8-20(27)13-21/h3-13H,15H2,1-2H3,(H,29,30)/b19-10+. The summed E-state index contributed by atoms with van der Waals surface area (Å²) in [6, 6.07) is 20.8. The number of nitrogens with one attached hydrogen (secondary N) is 1. The highest BCUT2D eigenvalue weighted by atomic mass is 127. The first kappa shape index (κ1) is 23.8. The number of benzene rings is 3. The molecule has 0 saturated carbocycles. The molecule has 162 valence electrons. The van der Waals surface area contributed by atoms with Gasteiger partial charge in [0.25, 0.3) is 5.91 Å².